The van der Waals surface area contributed by atoms with Crippen LogP contribution in [0, 0.1) is 17.7 Å². The molecule has 0 spiro atoms. The molecular weight excluding hydrogens is 293 g/mol. The molecule has 0 unspecified atom stereocenters. The molecule has 2 aromatic rings. The molecule has 106 valence electrons. The van der Waals surface area contributed by atoms with Gasteiger partial charge in [-0.25, -0.2) is 4.39 Å². The lowest BCUT2D eigenvalue weighted by molar-refractivity contribution is 0.102. The third-order valence-electron chi connectivity index (χ3n) is 2.57. The summed E-state index contributed by atoms with van der Waals surface area (Å²) in [4.78, 5) is 16.1. The lowest BCUT2D eigenvalue weighted by Gasteiger charge is -2.07. The monoisotopic (exact) mass is 303 g/mol. The first-order valence-corrected chi connectivity index (χ1v) is 6.39. The van der Waals surface area contributed by atoms with Crippen LogP contribution in [0.5, 0.6) is 0 Å². The number of nitrogens with one attached hydrogen (secondary N) is 1. The molecule has 1 amide bonds. The summed E-state index contributed by atoms with van der Waals surface area (Å²) in [6.45, 7) is 0.184. The fourth-order valence-corrected chi connectivity index (χ4v) is 1.79. The Balaban J connectivity index is 2.26. The minimum atomic E-state index is -0.548. The molecule has 4 nitrogen and oxygen atoms in total. The molecule has 1 heterocycles. The van der Waals surface area contributed by atoms with Gasteiger partial charge >= 0.3 is 0 Å². The van der Waals surface area contributed by atoms with E-state index in [1.165, 1.54) is 30.6 Å². The molecular formula is C15H11ClFN3O. The highest BCUT2D eigenvalue weighted by molar-refractivity contribution is 6.31. The maximum atomic E-state index is 13.1. The van der Waals surface area contributed by atoms with Crippen LogP contribution in [0.15, 0.2) is 36.7 Å². The van der Waals surface area contributed by atoms with Gasteiger partial charge < -0.3 is 11.1 Å². The molecule has 0 atom stereocenters. The Labute approximate surface area is 126 Å². The van der Waals surface area contributed by atoms with Gasteiger partial charge in [-0.05, 0) is 24.3 Å². The predicted molar refractivity (Wildman–Crippen MR) is 79.5 cm³/mol. The van der Waals surface area contributed by atoms with Gasteiger partial charge in [-0.15, -0.1) is 0 Å². The fourth-order valence-electron chi connectivity index (χ4n) is 1.61. The number of hydrogen-bond donors (Lipinski definition) is 2. The van der Waals surface area contributed by atoms with E-state index in [-0.39, 0.29) is 17.5 Å². The Hall–Kier alpha value is -2.42. The van der Waals surface area contributed by atoms with Gasteiger partial charge in [-0.1, -0.05) is 23.4 Å². The van der Waals surface area contributed by atoms with E-state index < -0.39 is 5.82 Å². The average Bonchev–Trinajstić information content (AvgIpc) is 2.49. The van der Waals surface area contributed by atoms with Crippen LogP contribution in [-0.2, 0) is 0 Å². The summed E-state index contributed by atoms with van der Waals surface area (Å²) in [5.74, 6) is 4.51. The van der Waals surface area contributed by atoms with Crippen molar-refractivity contribution >= 4 is 23.2 Å². The number of halogens is 2. The van der Waals surface area contributed by atoms with Crippen LogP contribution < -0.4 is 11.1 Å². The van der Waals surface area contributed by atoms with Crippen LogP contribution in [0.4, 0.5) is 10.1 Å². The predicted octanol–water partition coefficient (Wildman–Crippen LogP) is 2.44. The Kier molecular flexibility index (Phi) is 4.88. The van der Waals surface area contributed by atoms with Crippen LogP contribution in [-0.4, -0.2) is 17.4 Å². The number of hydrogen-bond acceptors (Lipinski definition) is 3. The normalized spacial score (nSPS) is 9.67. The molecule has 0 aliphatic carbocycles. The molecule has 0 bridgehead atoms. The number of benzene rings is 1. The third-order valence-corrected chi connectivity index (χ3v) is 2.86. The van der Waals surface area contributed by atoms with Gasteiger partial charge in [0.15, 0.2) is 0 Å². The Morgan fingerprint density at radius 1 is 1.43 bits per heavy atom. The number of nitrogens with zero attached hydrogens (tertiary/aromatic N) is 1. The van der Waals surface area contributed by atoms with Crippen molar-refractivity contribution in [1.29, 1.82) is 0 Å². The fraction of sp³-hybridized carbons (Fsp3) is 0.0667. The summed E-state index contributed by atoms with van der Waals surface area (Å²) in [5, 5.41) is 2.56. The minimum absolute atomic E-state index is 0.0642. The highest BCUT2D eigenvalue weighted by Crippen LogP contribution is 2.20. The second kappa shape index (κ2) is 6.84. The zero-order valence-corrected chi connectivity index (χ0v) is 11.6. The van der Waals surface area contributed by atoms with Crippen LogP contribution in [0.25, 0.3) is 0 Å². The van der Waals surface area contributed by atoms with Crippen molar-refractivity contribution in [3.8, 4) is 11.8 Å². The molecule has 1 aromatic heterocycles. The summed E-state index contributed by atoms with van der Waals surface area (Å²) in [6, 6.07) is 5.48. The third kappa shape index (κ3) is 3.78. The molecule has 0 saturated carbocycles. The SMILES string of the molecule is NCC#Cc1cnccc1C(=O)Nc1ccc(F)c(Cl)c1. The van der Waals surface area contributed by atoms with Crippen molar-refractivity contribution in [2.24, 2.45) is 5.73 Å². The average molecular weight is 304 g/mol. The first-order chi connectivity index (χ1) is 10.1. The van der Waals surface area contributed by atoms with Gasteiger partial charge in [-0.3, -0.25) is 9.78 Å². The van der Waals surface area contributed by atoms with Crippen LogP contribution in [0.3, 0.4) is 0 Å². The lowest BCUT2D eigenvalue weighted by atomic mass is 10.1. The van der Waals surface area contributed by atoms with Crippen molar-refractivity contribution in [3.05, 3.63) is 58.6 Å². The van der Waals surface area contributed by atoms with E-state index in [4.69, 9.17) is 17.3 Å². The Morgan fingerprint density at radius 3 is 2.95 bits per heavy atom. The van der Waals surface area contributed by atoms with Crippen molar-refractivity contribution in [2.75, 3.05) is 11.9 Å². The van der Waals surface area contributed by atoms with Gasteiger partial charge in [0.25, 0.3) is 5.91 Å². The molecule has 6 heteroatoms. The minimum Gasteiger partial charge on any atom is -0.322 e. The van der Waals surface area contributed by atoms with E-state index in [1.807, 2.05) is 0 Å². The number of aromatic nitrogens is 1. The van der Waals surface area contributed by atoms with E-state index in [0.717, 1.165) is 0 Å². The van der Waals surface area contributed by atoms with Crippen molar-refractivity contribution in [1.82, 2.24) is 4.98 Å². The standard InChI is InChI=1S/C15H11ClFN3O/c16-13-8-11(3-4-14(13)17)20-15(21)12-5-7-19-9-10(12)2-1-6-18/h3-5,7-9H,6,18H2,(H,20,21). The first-order valence-electron chi connectivity index (χ1n) is 6.01. The number of amides is 1. The van der Waals surface area contributed by atoms with Gasteiger partial charge in [0.05, 0.1) is 22.7 Å². The molecule has 0 radical (unpaired) electrons. The maximum Gasteiger partial charge on any atom is 0.257 e. The highest BCUT2D eigenvalue weighted by atomic mass is 35.5. The van der Waals surface area contributed by atoms with Crippen molar-refractivity contribution in [2.45, 2.75) is 0 Å². The van der Waals surface area contributed by atoms with Gasteiger partial charge in [-0.2, -0.15) is 0 Å². The smallest absolute Gasteiger partial charge is 0.257 e. The summed E-state index contributed by atoms with van der Waals surface area (Å²) < 4.78 is 13.1. The molecule has 3 N–H and O–H groups in total. The maximum absolute atomic E-state index is 13.1. The lowest BCUT2D eigenvalue weighted by Crippen LogP contribution is -2.14. The molecule has 21 heavy (non-hydrogen) atoms. The first kappa shape index (κ1) is 15.0. The summed E-state index contributed by atoms with van der Waals surface area (Å²) in [7, 11) is 0. The Morgan fingerprint density at radius 2 is 2.24 bits per heavy atom. The number of anilines is 1. The summed E-state index contributed by atoms with van der Waals surface area (Å²) in [5.41, 5.74) is 6.52. The van der Waals surface area contributed by atoms with E-state index in [2.05, 4.69) is 22.1 Å². The van der Waals surface area contributed by atoms with E-state index in [9.17, 15) is 9.18 Å². The van der Waals surface area contributed by atoms with Crippen LogP contribution in [0.1, 0.15) is 15.9 Å². The van der Waals surface area contributed by atoms with Crippen LogP contribution in [0.2, 0.25) is 5.02 Å². The van der Waals surface area contributed by atoms with Crippen molar-refractivity contribution < 1.29 is 9.18 Å². The van der Waals surface area contributed by atoms with Gasteiger partial charge in [0, 0.05) is 18.1 Å². The molecule has 1 aromatic carbocycles. The molecule has 0 saturated heterocycles. The van der Waals surface area contributed by atoms with Crippen LogP contribution >= 0.6 is 11.6 Å². The topological polar surface area (TPSA) is 68.0 Å². The molecule has 0 fully saturated rings. The largest absolute Gasteiger partial charge is 0.322 e. The zero-order valence-electron chi connectivity index (χ0n) is 10.9. The number of pyridine rings is 1. The molecule has 0 aliphatic rings. The van der Waals surface area contributed by atoms with E-state index >= 15 is 0 Å². The number of rotatable bonds is 2. The second-order valence-corrected chi connectivity index (χ2v) is 4.42. The number of carbonyl (C=O) groups is 1. The zero-order chi connectivity index (χ0) is 15.2. The van der Waals surface area contributed by atoms with E-state index in [0.29, 0.717) is 16.8 Å². The molecule has 0 aliphatic heterocycles. The Bertz CT molecular complexity index is 737. The number of nitrogens with two attached hydrogens (primary N) is 1. The summed E-state index contributed by atoms with van der Waals surface area (Å²) >= 11 is 5.67. The second-order valence-electron chi connectivity index (χ2n) is 4.01. The van der Waals surface area contributed by atoms with Gasteiger partial charge in [0.1, 0.15) is 5.82 Å². The number of carbonyl (C=O) groups excluding carboxylic acids is 1. The summed E-state index contributed by atoms with van der Waals surface area (Å²) in [6.07, 6.45) is 2.97. The highest BCUT2D eigenvalue weighted by Gasteiger charge is 2.11. The van der Waals surface area contributed by atoms with E-state index in [1.54, 1.807) is 6.07 Å². The van der Waals surface area contributed by atoms with Gasteiger partial charge in [0.2, 0.25) is 0 Å². The molecule has 2 rings (SSSR count). The quantitative estimate of drug-likeness (QED) is 0.837. The van der Waals surface area contributed by atoms with Crippen molar-refractivity contribution in [3.63, 3.8) is 0 Å².